The van der Waals surface area contributed by atoms with Crippen molar-refractivity contribution in [3.05, 3.63) is 21.4 Å². The average molecular weight is 476 g/mol. The smallest absolute Gasteiger partial charge is 0.352 e. The number of nitrogens with one attached hydrogen (secondary N) is 1. The highest BCUT2D eigenvalue weighted by molar-refractivity contribution is 14.1. The van der Waals surface area contributed by atoms with Gasteiger partial charge in [-0.15, -0.1) is 0 Å². The Kier molecular flexibility index (Phi) is 6.49. The molecule has 2 rings (SSSR count). The van der Waals surface area contributed by atoms with Crippen LogP contribution in [0, 0.1) is 3.57 Å². The van der Waals surface area contributed by atoms with Gasteiger partial charge in [-0.3, -0.25) is 0 Å². The summed E-state index contributed by atoms with van der Waals surface area (Å²) < 4.78 is 17.2. The van der Waals surface area contributed by atoms with E-state index in [-0.39, 0.29) is 24.0 Å². The van der Waals surface area contributed by atoms with Crippen molar-refractivity contribution in [2.75, 3.05) is 13.7 Å². The van der Waals surface area contributed by atoms with E-state index >= 15 is 0 Å². The topological polar surface area (TPSA) is 86.8 Å². The number of hydrogen-bond donors (Lipinski definition) is 1. The molecule has 1 aromatic rings. The van der Waals surface area contributed by atoms with Crippen molar-refractivity contribution in [1.29, 1.82) is 0 Å². The molecule has 1 saturated heterocycles. The number of esters is 2. The second-order valence-electron chi connectivity index (χ2n) is 7.38. The molecule has 0 bridgehead atoms. The lowest BCUT2D eigenvalue weighted by molar-refractivity contribution is -0.176. The fraction of sp³-hybridized carbons (Fsp3) is 0.611. The number of hydrogen-bond acceptors (Lipinski definition) is 7. The van der Waals surface area contributed by atoms with E-state index in [4.69, 9.17) is 14.2 Å². The minimum absolute atomic E-state index is 0.0750. The van der Waals surface area contributed by atoms with Crippen molar-refractivity contribution >= 4 is 34.5 Å². The number of piperidine rings is 1. The molecule has 1 aliphatic rings. The molecular weight excluding hydrogens is 451 g/mol. The fourth-order valence-electron chi connectivity index (χ4n) is 2.62. The van der Waals surface area contributed by atoms with Crippen LogP contribution in [0.4, 0.5) is 0 Å². The number of carbonyl (C=O) groups is 2. The number of methoxy groups -OCH3 is 1. The van der Waals surface area contributed by atoms with E-state index in [1.54, 1.807) is 26.8 Å². The lowest BCUT2D eigenvalue weighted by Gasteiger charge is -2.39. The number of carbonyl (C=O) groups excluding carboxylic acids is 2. The number of pyridine rings is 1. The van der Waals surface area contributed by atoms with Crippen molar-refractivity contribution in [3.63, 3.8) is 0 Å². The predicted octanol–water partition coefficient (Wildman–Crippen LogP) is 2.70. The second-order valence-corrected chi connectivity index (χ2v) is 8.55. The Morgan fingerprint density at radius 3 is 2.62 bits per heavy atom. The van der Waals surface area contributed by atoms with Gasteiger partial charge in [0.15, 0.2) is 0 Å². The third-order valence-corrected chi connectivity index (χ3v) is 4.93. The van der Waals surface area contributed by atoms with Gasteiger partial charge in [0.05, 0.1) is 7.11 Å². The quantitative estimate of drug-likeness (QED) is 0.528. The molecule has 1 fully saturated rings. The number of aromatic nitrogens is 1. The van der Waals surface area contributed by atoms with Gasteiger partial charge in [-0.05, 0) is 62.8 Å². The monoisotopic (exact) mass is 476 g/mol. The predicted molar refractivity (Wildman–Crippen MR) is 104 cm³/mol. The SMILES string of the molecule is COC(=O)c1c(I)ccnc1O[C@]1(C(=O)OC(C)(C)C)CC[C@@H](C)NC1. The van der Waals surface area contributed by atoms with Crippen LogP contribution in [0.2, 0.25) is 0 Å². The largest absolute Gasteiger partial charge is 0.465 e. The van der Waals surface area contributed by atoms with Crippen molar-refractivity contribution in [2.24, 2.45) is 0 Å². The summed E-state index contributed by atoms with van der Waals surface area (Å²) in [6.07, 6.45) is 2.73. The lowest BCUT2D eigenvalue weighted by atomic mass is 9.90. The van der Waals surface area contributed by atoms with Crippen LogP contribution >= 0.6 is 22.6 Å². The van der Waals surface area contributed by atoms with Crippen molar-refractivity contribution in [2.45, 2.75) is 57.8 Å². The van der Waals surface area contributed by atoms with Crippen LogP contribution in [0.25, 0.3) is 0 Å². The summed E-state index contributed by atoms with van der Waals surface area (Å²) in [6, 6.07) is 1.94. The Labute approximate surface area is 167 Å². The van der Waals surface area contributed by atoms with Gasteiger partial charge in [0.25, 0.3) is 0 Å². The maximum atomic E-state index is 12.9. The Balaban J connectivity index is 2.41. The van der Waals surface area contributed by atoms with E-state index in [0.29, 0.717) is 9.99 Å². The molecule has 0 aromatic carbocycles. The Hall–Kier alpha value is -1.42. The number of halogens is 1. The Morgan fingerprint density at radius 1 is 1.38 bits per heavy atom. The van der Waals surface area contributed by atoms with E-state index in [0.717, 1.165) is 6.42 Å². The van der Waals surface area contributed by atoms with Gasteiger partial charge in [-0.2, -0.15) is 0 Å². The first-order valence-electron chi connectivity index (χ1n) is 8.46. The molecule has 8 heteroatoms. The van der Waals surface area contributed by atoms with Crippen LogP contribution in [-0.2, 0) is 14.3 Å². The molecule has 2 atom stereocenters. The van der Waals surface area contributed by atoms with Crippen molar-refractivity contribution < 1.29 is 23.8 Å². The second kappa shape index (κ2) is 8.08. The summed E-state index contributed by atoms with van der Waals surface area (Å²) >= 11 is 2.01. The lowest BCUT2D eigenvalue weighted by Crippen LogP contribution is -2.59. The van der Waals surface area contributed by atoms with Crippen LogP contribution in [0.3, 0.4) is 0 Å². The number of nitrogens with zero attached hydrogens (tertiary/aromatic N) is 1. The van der Waals surface area contributed by atoms with E-state index in [1.165, 1.54) is 13.3 Å². The third kappa shape index (κ3) is 4.85. The van der Waals surface area contributed by atoms with Gasteiger partial charge in [-0.1, -0.05) is 0 Å². The molecule has 1 N–H and O–H groups in total. The highest BCUT2D eigenvalue weighted by atomic mass is 127. The normalized spacial score (nSPS) is 23.2. The molecule has 1 aromatic heterocycles. The van der Waals surface area contributed by atoms with Gasteiger partial charge in [0, 0.05) is 28.8 Å². The first-order chi connectivity index (χ1) is 12.1. The third-order valence-electron chi connectivity index (χ3n) is 4.04. The van der Waals surface area contributed by atoms with Gasteiger partial charge in [0.2, 0.25) is 11.5 Å². The summed E-state index contributed by atoms with van der Waals surface area (Å²) in [5.41, 5.74) is -1.70. The summed E-state index contributed by atoms with van der Waals surface area (Å²) in [5, 5.41) is 3.27. The number of rotatable bonds is 4. The molecule has 0 unspecified atom stereocenters. The zero-order valence-corrected chi connectivity index (χ0v) is 17.9. The van der Waals surface area contributed by atoms with Crippen LogP contribution in [-0.4, -0.2) is 47.8 Å². The molecule has 0 spiro atoms. The number of ether oxygens (including phenoxy) is 3. The summed E-state index contributed by atoms with van der Waals surface area (Å²) in [7, 11) is 1.29. The molecule has 26 heavy (non-hydrogen) atoms. The minimum atomic E-state index is -1.25. The van der Waals surface area contributed by atoms with Crippen LogP contribution in [0.5, 0.6) is 5.88 Å². The first kappa shape index (κ1) is 20.9. The van der Waals surface area contributed by atoms with Gasteiger partial charge >= 0.3 is 11.9 Å². The summed E-state index contributed by atoms with van der Waals surface area (Å²) in [5.74, 6) is -0.958. The van der Waals surface area contributed by atoms with E-state index in [1.807, 2.05) is 29.5 Å². The Bertz CT molecular complexity index is 679. The maximum absolute atomic E-state index is 12.9. The highest BCUT2D eigenvalue weighted by Crippen LogP contribution is 2.32. The molecule has 144 valence electrons. The van der Waals surface area contributed by atoms with Gasteiger partial charge in [-0.25, -0.2) is 14.6 Å². The average Bonchev–Trinajstić information content (AvgIpc) is 2.55. The molecule has 0 saturated carbocycles. The van der Waals surface area contributed by atoms with E-state index < -0.39 is 23.1 Å². The van der Waals surface area contributed by atoms with E-state index in [2.05, 4.69) is 10.3 Å². The molecule has 1 aliphatic heterocycles. The molecule has 2 heterocycles. The molecule has 0 aliphatic carbocycles. The van der Waals surface area contributed by atoms with E-state index in [9.17, 15) is 9.59 Å². The first-order valence-corrected chi connectivity index (χ1v) is 9.54. The molecule has 7 nitrogen and oxygen atoms in total. The molecule has 0 amide bonds. The zero-order chi connectivity index (χ0) is 19.5. The molecule has 0 radical (unpaired) electrons. The van der Waals surface area contributed by atoms with Gasteiger partial charge in [0.1, 0.15) is 11.2 Å². The van der Waals surface area contributed by atoms with Crippen LogP contribution in [0.15, 0.2) is 12.3 Å². The van der Waals surface area contributed by atoms with Crippen molar-refractivity contribution in [1.82, 2.24) is 10.3 Å². The van der Waals surface area contributed by atoms with Crippen LogP contribution in [0.1, 0.15) is 50.9 Å². The highest BCUT2D eigenvalue weighted by Gasteiger charge is 2.47. The van der Waals surface area contributed by atoms with Crippen LogP contribution < -0.4 is 10.1 Å². The van der Waals surface area contributed by atoms with Crippen molar-refractivity contribution in [3.8, 4) is 5.88 Å². The maximum Gasteiger partial charge on any atom is 0.352 e. The summed E-state index contributed by atoms with van der Waals surface area (Å²) in [6.45, 7) is 7.74. The zero-order valence-electron chi connectivity index (χ0n) is 15.7. The minimum Gasteiger partial charge on any atom is -0.465 e. The Morgan fingerprint density at radius 2 is 2.08 bits per heavy atom. The fourth-order valence-corrected chi connectivity index (χ4v) is 3.23. The standard InChI is InChI=1S/C18H25IN2O5/c1-11-6-8-18(10-21-11,16(23)26-17(2,3)4)25-14-13(15(22)24-5)12(19)7-9-20-14/h7,9,11,21H,6,8,10H2,1-5H3/t11-,18-/m1/s1. The van der Waals surface area contributed by atoms with Gasteiger partial charge < -0.3 is 19.5 Å². The summed E-state index contributed by atoms with van der Waals surface area (Å²) in [4.78, 5) is 29.3. The molecular formula is C18H25IN2O5.